The first-order valence-corrected chi connectivity index (χ1v) is 16.1. The zero-order chi connectivity index (χ0) is 32.3. The van der Waals surface area contributed by atoms with Crippen LogP contribution < -0.4 is 15.3 Å². The number of esters is 1. The van der Waals surface area contributed by atoms with Crippen LogP contribution in [0, 0.1) is 0 Å². The summed E-state index contributed by atoms with van der Waals surface area (Å²) in [4.78, 5) is 19.0. The first kappa shape index (κ1) is 33.8. The van der Waals surface area contributed by atoms with Crippen molar-refractivity contribution in [2.45, 2.75) is 77.0 Å². The van der Waals surface area contributed by atoms with Gasteiger partial charge in [-0.3, -0.25) is 14.2 Å². The molecule has 3 heterocycles. The van der Waals surface area contributed by atoms with E-state index in [0.717, 1.165) is 0 Å². The lowest BCUT2D eigenvalue weighted by atomic mass is 9.86. The van der Waals surface area contributed by atoms with Gasteiger partial charge in [0.15, 0.2) is 11.4 Å². The third-order valence-electron chi connectivity index (χ3n) is 7.69. The van der Waals surface area contributed by atoms with Gasteiger partial charge in [0.2, 0.25) is 0 Å². The summed E-state index contributed by atoms with van der Waals surface area (Å²) in [5.74, 6) is -0.221. The largest absolute Gasteiger partial charge is 0.463 e. The van der Waals surface area contributed by atoms with Crippen LogP contribution in [-0.2, 0) is 29.0 Å². The Balaban J connectivity index is 1.48. The third-order valence-corrected chi connectivity index (χ3v) is 9.32. The number of hydrogen-bond acceptors (Lipinski definition) is 12. The lowest BCUT2D eigenvalue weighted by Crippen LogP contribution is -2.50. The molecule has 0 spiro atoms. The predicted molar refractivity (Wildman–Crippen MR) is 163 cm³/mol. The predicted octanol–water partition coefficient (Wildman–Crippen LogP) is 2.49. The van der Waals surface area contributed by atoms with Crippen LogP contribution in [0.15, 0.2) is 48.8 Å². The smallest absolute Gasteiger partial charge is 0.459 e. The number of nitrogens with one attached hydrogen (secondary N) is 1. The van der Waals surface area contributed by atoms with Crippen molar-refractivity contribution in [1.29, 1.82) is 0 Å². The normalized spacial score (nSPS) is 24.2. The number of ether oxygens (including phenoxy) is 2. The lowest BCUT2D eigenvalue weighted by Gasteiger charge is -2.33. The molecule has 0 saturated carbocycles. The Bertz CT molecular complexity index is 1460. The average Bonchev–Trinajstić information content (AvgIpc) is 3.51. The van der Waals surface area contributed by atoms with Gasteiger partial charge in [-0.1, -0.05) is 18.2 Å². The summed E-state index contributed by atoms with van der Waals surface area (Å²) in [7, 11) is -4.28. The van der Waals surface area contributed by atoms with Gasteiger partial charge in [0, 0.05) is 18.6 Å². The van der Waals surface area contributed by atoms with E-state index < -0.39 is 43.7 Å². The molecule has 1 aliphatic heterocycles. The Hall–Kier alpha value is -3.10. The molecule has 1 fully saturated rings. The average molecular weight is 635 g/mol. The van der Waals surface area contributed by atoms with Crippen molar-refractivity contribution in [1.82, 2.24) is 24.6 Å². The maximum atomic E-state index is 14.1. The molecule has 1 saturated heterocycles. The van der Waals surface area contributed by atoms with Gasteiger partial charge in [-0.25, -0.2) is 14.1 Å². The SMILES string of the molecule is CC(C)N(CCOC(=O)[C@H](C)NP(=O)(OC[C@@]1(C)OC[C@](O)(c2ccc3c(N)ncnn23)[C@@H]1O)Oc1ccccc1)C(C)C. The van der Waals surface area contributed by atoms with E-state index in [-0.39, 0.29) is 42.6 Å². The maximum Gasteiger partial charge on any atom is 0.459 e. The van der Waals surface area contributed by atoms with Crippen molar-refractivity contribution >= 4 is 25.1 Å². The van der Waals surface area contributed by atoms with Gasteiger partial charge in [0.25, 0.3) is 0 Å². The zero-order valence-corrected chi connectivity index (χ0v) is 26.8. The zero-order valence-electron chi connectivity index (χ0n) is 25.9. The van der Waals surface area contributed by atoms with Gasteiger partial charge in [0.1, 0.15) is 41.9 Å². The Morgan fingerprint density at radius 1 is 1.20 bits per heavy atom. The number of aliphatic hydroxyl groups is 2. The van der Waals surface area contributed by atoms with Crippen LogP contribution in [0.1, 0.15) is 47.2 Å². The fourth-order valence-electron chi connectivity index (χ4n) is 5.26. The second kappa shape index (κ2) is 13.5. The summed E-state index contributed by atoms with van der Waals surface area (Å²) in [6.07, 6.45) is -0.318. The van der Waals surface area contributed by atoms with Crippen molar-refractivity contribution in [3.63, 3.8) is 0 Å². The Kier molecular flexibility index (Phi) is 10.4. The Morgan fingerprint density at radius 3 is 2.55 bits per heavy atom. The molecule has 14 nitrogen and oxygen atoms in total. The van der Waals surface area contributed by atoms with Gasteiger partial charge in [-0.2, -0.15) is 10.2 Å². The summed E-state index contributed by atoms with van der Waals surface area (Å²) < 4.78 is 38.3. The van der Waals surface area contributed by atoms with E-state index in [1.165, 1.54) is 24.7 Å². The minimum atomic E-state index is -4.28. The molecule has 0 radical (unpaired) electrons. The van der Waals surface area contributed by atoms with E-state index in [9.17, 15) is 19.6 Å². The minimum Gasteiger partial charge on any atom is -0.463 e. The molecule has 2 aromatic heterocycles. The van der Waals surface area contributed by atoms with Crippen molar-refractivity contribution in [2.24, 2.45) is 0 Å². The number of nitrogens with zero attached hydrogens (tertiary/aromatic N) is 4. The van der Waals surface area contributed by atoms with Gasteiger partial charge in [0.05, 0.1) is 18.9 Å². The Labute approximate surface area is 257 Å². The molecule has 5 N–H and O–H groups in total. The summed E-state index contributed by atoms with van der Waals surface area (Å²) in [5.41, 5.74) is 3.14. The van der Waals surface area contributed by atoms with Crippen molar-refractivity contribution in [2.75, 3.05) is 32.1 Å². The minimum absolute atomic E-state index is 0.146. The molecule has 1 aromatic carbocycles. The first-order valence-electron chi connectivity index (χ1n) is 14.5. The number of aliphatic hydroxyl groups excluding tert-OH is 1. The van der Waals surface area contributed by atoms with Crippen molar-refractivity contribution in [3.8, 4) is 5.75 Å². The highest BCUT2D eigenvalue weighted by molar-refractivity contribution is 7.52. The number of nitrogens with two attached hydrogens (primary N) is 1. The van der Waals surface area contributed by atoms with Gasteiger partial charge < -0.3 is 29.9 Å². The standard InChI is InChI=1S/C29H43N6O8P/c1-19(2)34(20(3)4)14-15-40-26(36)21(5)33-44(39,43-22-10-8-7-9-11-22)42-16-28(6)27(37)29(38,17-41-28)24-13-12-23-25(30)31-18-32-35(23)24/h7-13,18-21,27,37-38H,14-17H2,1-6H3,(H,33,39)(H2,30,31,32)/t21-,27+,28+,29-,44?/m0/s1. The van der Waals surface area contributed by atoms with Crippen LogP contribution in [-0.4, -0.2) is 91.9 Å². The van der Waals surface area contributed by atoms with Crippen molar-refractivity contribution in [3.05, 3.63) is 54.5 Å². The summed E-state index contributed by atoms with van der Waals surface area (Å²) in [5, 5.41) is 29.8. The molecular weight excluding hydrogens is 591 g/mol. The molecule has 1 unspecified atom stereocenters. The molecule has 242 valence electrons. The highest BCUT2D eigenvalue weighted by atomic mass is 31.2. The number of rotatable bonds is 14. The highest BCUT2D eigenvalue weighted by Gasteiger charge is 2.58. The Morgan fingerprint density at radius 2 is 1.89 bits per heavy atom. The number of para-hydroxylation sites is 1. The summed E-state index contributed by atoms with van der Waals surface area (Å²) >= 11 is 0. The van der Waals surface area contributed by atoms with Crippen LogP contribution in [0.5, 0.6) is 5.75 Å². The van der Waals surface area contributed by atoms with Crippen LogP contribution in [0.25, 0.3) is 5.52 Å². The van der Waals surface area contributed by atoms with Crippen LogP contribution in [0.4, 0.5) is 5.82 Å². The van der Waals surface area contributed by atoms with Crippen LogP contribution in [0.3, 0.4) is 0 Å². The fraction of sp³-hybridized carbons (Fsp3) is 0.552. The van der Waals surface area contributed by atoms with E-state index in [4.69, 9.17) is 24.3 Å². The molecule has 3 aromatic rings. The molecule has 0 bridgehead atoms. The van der Waals surface area contributed by atoms with Crippen molar-refractivity contribution < 1.29 is 38.1 Å². The summed E-state index contributed by atoms with van der Waals surface area (Å²) in [6.45, 7) is 11.1. The molecule has 0 aliphatic carbocycles. The van der Waals surface area contributed by atoms with E-state index in [1.807, 2.05) is 0 Å². The fourth-order valence-corrected chi connectivity index (χ4v) is 6.84. The number of benzene rings is 1. The topological polar surface area (TPSA) is 183 Å². The third kappa shape index (κ3) is 7.23. The van der Waals surface area contributed by atoms with Gasteiger partial charge in [-0.15, -0.1) is 0 Å². The number of nitrogen functional groups attached to an aromatic ring is 1. The maximum absolute atomic E-state index is 14.1. The number of fused-ring (bicyclic) bond motifs is 1. The second-order valence-electron chi connectivity index (χ2n) is 11.7. The molecule has 5 atom stereocenters. The lowest BCUT2D eigenvalue weighted by molar-refractivity contribution is -0.146. The van der Waals surface area contributed by atoms with E-state index in [0.29, 0.717) is 12.1 Å². The number of hydrogen-bond donors (Lipinski definition) is 4. The van der Waals surface area contributed by atoms with E-state index in [2.05, 4.69) is 47.8 Å². The van der Waals surface area contributed by atoms with Gasteiger partial charge >= 0.3 is 13.7 Å². The number of anilines is 1. The first-order chi connectivity index (χ1) is 20.7. The number of carbonyl (C=O) groups excluding carboxylic acids is 1. The quantitative estimate of drug-likeness (QED) is 0.150. The molecule has 44 heavy (non-hydrogen) atoms. The van der Waals surface area contributed by atoms with E-state index >= 15 is 0 Å². The number of carbonyl (C=O) groups is 1. The van der Waals surface area contributed by atoms with E-state index in [1.54, 1.807) is 42.5 Å². The van der Waals surface area contributed by atoms with Gasteiger partial charge in [-0.05, 0) is 65.8 Å². The molecule has 1 aliphatic rings. The highest BCUT2D eigenvalue weighted by Crippen LogP contribution is 2.48. The molecule has 0 amide bonds. The molecule has 15 heteroatoms. The van der Waals surface area contributed by atoms with Crippen LogP contribution >= 0.6 is 7.75 Å². The molecule has 4 rings (SSSR count). The summed E-state index contributed by atoms with van der Waals surface area (Å²) in [6, 6.07) is 11.0. The number of aromatic nitrogens is 3. The monoisotopic (exact) mass is 634 g/mol. The molecular formula is C29H43N6O8P. The second-order valence-corrected chi connectivity index (χ2v) is 13.4. The van der Waals surface area contributed by atoms with Crippen LogP contribution in [0.2, 0.25) is 0 Å².